The van der Waals surface area contributed by atoms with Crippen molar-refractivity contribution in [2.45, 2.75) is 13.8 Å². The first-order chi connectivity index (χ1) is 4.20. The molecule has 48 valence electrons. The highest BCUT2D eigenvalue weighted by Gasteiger charge is 1.81. The van der Waals surface area contributed by atoms with E-state index in [0.717, 1.165) is 0 Å². The zero-order valence-corrected chi connectivity index (χ0v) is 5.68. The number of rotatable bonds is 1. The second-order valence-corrected chi connectivity index (χ2v) is 1.56. The summed E-state index contributed by atoms with van der Waals surface area (Å²) in [5.41, 5.74) is 5.93. The van der Waals surface area contributed by atoms with Crippen molar-refractivity contribution in [2.75, 3.05) is 0 Å². The van der Waals surface area contributed by atoms with Crippen LogP contribution in [0, 0.1) is 12.3 Å². The third-order valence-corrected chi connectivity index (χ3v) is 0.801. The van der Waals surface area contributed by atoms with Gasteiger partial charge in [0.05, 0.1) is 5.71 Å². The lowest BCUT2D eigenvalue weighted by atomic mass is 10.4. The number of hydrogen-bond acceptors (Lipinski definition) is 2. The standard InChI is InChI=1S/C7H10N2/c1-4-6(3)9-7(8)5-2/h1,5H,8H2,2-3H3/b7-5-,9-6+. The monoisotopic (exact) mass is 122 g/mol. The molecule has 0 atom stereocenters. The number of allylic oxidation sites excluding steroid dienone is 1. The summed E-state index contributed by atoms with van der Waals surface area (Å²) in [7, 11) is 0. The molecule has 0 heterocycles. The molecule has 0 aliphatic rings. The number of aliphatic imine (C=N–C) groups is 1. The summed E-state index contributed by atoms with van der Waals surface area (Å²) >= 11 is 0. The van der Waals surface area contributed by atoms with Crippen molar-refractivity contribution in [2.24, 2.45) is 10.7 Å². The van der Waals surface area contributed by atoms with Crippen LogP contribution < -0.4 is 5.73 Å². The molecular weight excluding hydrogens is 112 g/mol. The molecule has 2 N–H and O–H groups in total. The van der Waals surface area contributed by atoms with E-state index < -0.39 is 0 Å². The normalized spacial score (nSPS) is 13.0. The Labute approximate surface area is 55.5 Å². The highest BCUT2D eigenvalue weighted by molar-refractivity contribution is 5.98. The Morgan fingerprint density at radius 2 is 2.33 bits per heavy atom. The van der Waals surface area contributed by atoms with E-state index in [9.17, 15) is 0 Å². The molecule has 0 saturated heterocycles. The molecule has 0 unspecified atom stereocenters. The summed E-state index contributed by atoms with van der Waals surface area (Å²) in [6, 6.07) is 0. The van der Waals surface area contributed by atoms with Crippen LogP contribution in [-0.4, -0.2) is 5.71 Å². The van der Waals surface area contributed by atoms with E-state index in [0.29, 0.717) is 11.5 Å². The first-order valence-corrected chi connectivity index (χ1v) is 2.64. The Balaban J connectivity index is 4.17. The molecule has 0 aromatic rings. The second kappa shape index (κ2) is 3.73. The molecule has 9 heavy (non-hydrogen) atoms. The van der Waals surface area contributed by atoms with E-state index in [2.05, 4.69) is 10.9 Å². The van der Waals surface area contributed by atoms with Gasteiger partial charge >= 0.3 is 0 Å². The Bertz CT molecular complexity index is 182. The molecule has 0 rings (SSSR count). The minimum atomic E-state index is 0.463. The molecule has 0 fully saturated rings. The highest BCUT2D eigenvalue weighted by atomic mass is 14.9. The van der Waals surface area contributed by atoms with E-state index in [1.165, 1.54) is 0 Å². The zero-order valence-electron chi connectivity index (χ0n) is 5.68. The Morgan fingerprint density at radius 1 is 1.78 bits per heavy atom. The highest BCUT2D eigenvalue weighted by Crippen LogP contribution is 1.85. The minimum Gasteiger partial charge on any atom is -0.384 e. The van der Waals surface area contributed by atoms with Gasteiger partial charge < -0.3 is 5.73 Å². The predicted molar refractivity (Wildman–Crippen MR) is 39.9 cm³/mol. The largest absolute Gasteiger partial charge is 0.384 e. The first kappa shape index (κ1) is 7.77. The fraction of sp³-hybridized carbons (Fsp3) is 0.286. The maximum atomic E-state index is 5.33. The van der Waals surface area contributed by atoms with Crippen molar-refractivity contribution in [1.82, 2.24) is 0 Å². The van der Waals surface area contributed by atoms with E-state index >= 15 is 0 Å². The van der Waals surface area contributed by atoms with E-state index in [1.54, 1.807) is 13.0 Å². The third-order valence-electron chi connectivity index (χ3n) is 0.801. The molecule has 0 radical (unpaired) electrons. The summed E-state index contributed by atoms with van der Waals surface area (Å²) in [4.78, 5) is 3.83. The smallest absolute Gasteiger partial charge is 0.120 e. The van der Waals surface area contributed by atoms with Crippen molar-refractivity contribution in [3.63, 3.8) is 0 Å². The molecule has 2 nitrogen and oxygen atoms in total. The Hall–Kier alpha value is -1.23. The van der Waals surface area contributed by atoms with Crippen molar-refractivity contribution >= 4 is 5.71 Å². The van der Waals surface area contributed by atoms with Gasteiger partial charge in [0.1, 0.15) is 5.82 Å². The molecule has 0 aliphatic carbocycles. The van der Waals surface area contributed by atoms with Gasteiger partial charge in [-0.1, -0.05) is 5.92 Å². The van der Waals surface area contributed by atoms with E-state index in [4.69, 9.17) is 12.2 Å². The average molecular weight is 122 g/mol. The fourth-order valence-corrected chi connectivity index (χ4v) is 0.290. The number of nitrogens with zero attached hydrogens (tertiary/aromatic N) is 1. The SMILES string of the molecule is C#C/C(C)=N/C(N)=C\C. The molecule has 0 aliphatic heterocycles. The second-order valence-electron chi connectivity index (χ2n) is 1.56. The van der Waals surface area contributed by atoms with Crippen molar-refractivity contribution < 1.29 is 0 Å². The van der Waals surface area contributed by atoms with Gasteiger partial charge in [0.25, 0.3) is 0 Å². The molecule has 0 aromatic carbocycles. The quantitative estimate of drug-likeness (QED) is 0.407. The summed E-state index contributed by atoms with van der Waals surface area (Å²) in [5, 5.41) is 0. The van der Waals surface area contributed by atoms with Crippen LogP contribution in [0.4, 0.5) is 0 Å². The van der Waals surface area contributed by atoms with Gasteiger partial charge in [0.2, 0.25) is 0 Å². The lowest BCUT2D eigenvalue weighted by Gasteiger charge is -1.88. The van der Waals surface area contributed by atoms with Crippen LogP contribution in [0.1, 0.15) is 13.8 Å². The molecule has 0 saturated carbocycles. The minimum absolute atomic E-state index is 0.463. The van der Waals surface area contributed by atoms with Gasteiger partial charge in [-0.15, -0.1) is 6.42 Å². The molecule has 0 bridgehead atoms. The maximum Gasteiger partial charge on any atom is 0.120 e. The van der Waals surface area contributed by atoms with Crippen LogP contribution in [0.3, 0.4) is 0 Å². The van der Waals surface area contributed by atoms with E-state index in [1.807, 2.05) is 6.92 Å². The van der Waals surface area contributed by atoms with Crippen molar-refractivity contribution in [1.29, 1.82) is 0 Å². The van der Waals surface area contributed by atoms with Crippen LogP contribution in [0.25, 0.3) is 0 Å². The van der Waals surface area contributed by atoms with Crippen LogP contribution in [0.5, 0.6) is 0 Å². The predicted octanol–water partition coefficient (Wildman–Crippen LogP) is 0.901. The van der Waals surface area contributed by atoms with Gasteiger partial charge in [-0.3, -0.25) is 0 Å². The molecule has 0 spiro atoms. The molecule has 2 heteroatoms. The number of hydrogen-bond donors (Lipinski definition) is 1. The zero-order chi connectivity index (χ0) is 7.28. The van der Waals surface area contributed by atoms with Gasteiger partial charge in [0.15, 0.2) is 0 Å². The summed E-state index contributed by atoms with van der Waals surface area (Å²) < 4.78 is 0. The topological polar surface area (TPSA) is 38.4 Å². The summed E-state index contributed by atoms with van der Waals surface area (Å²) in [5.74, 6) is 2.82. The fourth-order valence-electron chi connectivity index (χ4n) is 0.290. The molecule has 0 aromatic heterocycles. The van der Waals surface area contributed by atoms with Crippen LogP contribution in [0.15, 0.2) is 16.9 Å². The first-order valence-electron chi connectivity index (χ1n) is 2.64. The van der Waals surface area contributed by atoms with Crippen LogP contribution in [-0.2, 0) is 0 Å². The number of nitrogens with two attached hydrogens (primary N) is 1. The molecular formula is C7H10N2. The molecule has 0 amide bonds. The lowest BCUT2D eigenvalue weighted by Crippen LogP contribution is -1.95. The average Bonchev–Trinajstić information content (AvgIpc) is 1.87. The van der Waals surface area contributed by atoms with Crippen LogP contribution >= 0.6 is 0 Å². The van der Waals surface area contributed by atoms with Gasteiger partial charge in [-0.25, -0.2) is 4.99 Å². The number of terminal acetylenes is 1. The maximum absolute atomic E-state index is 5.33. The Kier molecular flexibility index (Phi) is 3.22. The summed E-state index contributed by atoms with van der Waals surface area (Å²) in [6.45, 7) is 3.54. The van der Waals surface area contributed by atoms with Crippen LogP contribution in [0.2, 0.25) is 0 Å². The lowest BCUT2D eigenvalue weighted by molar-refractivity contribution is 1.23. The van der Waals surface area contributed by atoms with Crippen molar-refractivity contribution in [3.05, 3.63) is 11.9 Å². The van der Waals surface area contributed by atoms with Gasteiger partial charge in [-0.2, -0.15) is 0 Å². The summed E-state index contributed by atoms with van der Waals surface area (Å²) in [6.07, 6.45) is 6.71. The Morgan fingerprint density at radius 3 is 2.67 bits per heavy atom. The van der Waals surface area contributed by atoms with Gasteiger partial charge in [0, 0.05) is 0 Å². The van der Waals surface area contributed by atoms with Crippen molar-refractivity contribution in [3.8, 4) is 12.3 Å². The van der Waals surface area contributed by atoms with E-state index in [-0.39, 0.29) is 0 Å². The van der Waals surface area contributed by atoms with Gasteiger partial charge in [-0.05, 0) is 19.9 Å². The third kappa shape index (κ3) is 3.36.